The van der Waals surface area contributed by atoms with Gasteiger partial charge in [0, 0.05) is 24.2 Å². The quantitative estimate of drug-likeness (QED) is 0.306. The zero-order valence-electron chi connectivity index (χ0n) is 16.8. The molecule has 156 valence electrons. The van der Waals surface area contributed by atoms with Crippen molar-refractivity contribution >= 4 is 41.5 Å². The Bertz CT molecular complexity index is 660. The Morgan fingerprint density at radius 3 is 2.79 bits per heavy atom. The highest BCUT2D eigenvalue weighted by Crippen LogP contribution is 2.26. The molecular weight excluding hydrogens is 465 g/mol. The molecule has 3 rings (SSSR count). The van der Waals surface area contributed by atoms with Crippen LogP contribution >= 0.6 is 24.0 Å². The van der Waals surface area contributed by atoms with Gasteiger partial charge in [0.15, 0.2) is 5.96 Å². The van der Waals surface area contributed by atoms with Crippen LogP contribution in [0.2, 0.25) is 0 Å². The normalized spacial score (nSPS) is 20.8. The zero-order valence-corrected chi connectivity index (χ0v) is 19.2. The Balaban J connectivity index is 0.00000280. The fraction of sp³-hybridized carbons (Fsp3) is 0.619. The van der Waals surface area contributed by atoms with E-state index in [0.717, 1.165) is 50.0 Å². The van der Waals surface area contributed by atoms with Crippen LogP contribution in [0.15, 0.2) is 29.3 Å². The second kappa shape index (κ2) is 11.6. The Morgan fingerprint density at radius 1 is 1.25 bits per heavy atom. The van der Waals surface area contributed by atoms with E-state index in [4.69, 9.17) is 5.73 Å². The first-order valence-electron chi connectivity index (χ1n) is 10.3. The molecule has 1 aliphatic carbocycles. The van der Waals surface area contributed by atoms with E-state index < -0.39 is 0 Å². The number of carbonyl (C=O) groups is 1. The number of likely N-dealkylation sites (tertiary alicyclic amines) is 1. The van der Waals surface area contributed by atoms with Gasteiger partial charge >= 0.3 is 0 Å². The van der Waals surface area contributed by atoms with Crippen molar-refractivity contribution in [3.05, 3.63) is 29.8 Å². The van der Waals surface area contributed by atoms with Gasteiger partial charge < -0.3 is 16.4 Å². The number of amides is 1. The minimum Gasteiger partial charge on any atom is -0.370 e. The van der Waals surface area contributed by atoms with Crippen LogP contribution in [-0.2, 0) is 11.3 Å². The molecule has 1 aromatic carbocycles. The summed E-state index contributed by atoms with van der Waals surface area (Å²) in [5.74, 6) is 0.800. The largest absolute Gasteiger partial charge is 0.370 e. The van der Waals surface area contributed by atoms with Gasteiger partial charge in [-0.1, -0.05) is 31.9 Å². The molecule has 0 bridgehead atoms. The second-order valence-electron chi connectivity index (χ2n) is 7.68. The standard InChI is InChI=1S/C21H33N5O.HI/c1-2-26-12-6-11-19(26)15-24-21(22)23-14-16-7-5-10-18(13-16)25-20(27)17-8-3-4-9-17;/h5,7,10,13,17,19H,2-4,6,8-9,11-12,14-15H2,1H3,(H,25,27)(H3,22,23,24);1H. The van der Waals surface area contributed by atoms with E-state index in [1.165, 1.54) is 19.4 Å². The molecule has 1 atom stereocenters. The molecule has 0 spiro atoms. The smallest absolute Gasteiger partial charge is 0.227 e. The van der Waals surface area contributed by atoms with Crippen molar-refractivity contribution in [3.63, 3.8) is 0 Å². The van der Waals surface area contributed by atoms with Crippen LogP contribution in [0.5, 0.6) is 0 Å². The highest BCUT2D eigenvalue weighted by Gasteiger charge is 2.23. The number of rotatable bonds is 7. The summed E-state index contributed by atoms with van der Waals surface area (Å²) in [4.78, 5) is 19.2. The van der Waals surface area contributed by atoms with Crippen LogP contribution in [0.4, 0.5) is 5.69 Å². The van der Waals surface area contributed by atoms with Crippen molar-refractivity contribution in [1.29, 1.82) is 0 Å². The third-order valence-electron chi connectivity index (χ3n) is 5.78. The summed E-state index contributed by atoms with van der Waals surface area (Å²) in [5.41, 5.74) is 7.92. The molecule has 0 radical (unpaired) electrons. The zero-order chi connectivity index (χ0) is 19.1. The topological polar surface area (TPSA) is 82.8 Å². The number of nitrogens with one attached hydrogen (secondary N) is 2. The predicted molar refractivity (Wildman–Crippen MR) is 126 cm³/mol. The van der Waals surface area contributed by atoms with E-state index in [-0.39, 0.29) is 35.8 Å². The first kappa shape index (κ1) is 22.9. The number of guanidine groups is 1. The van der Waals surface area contributed by atoms with E-state index in [9.17, 15) is 4.79 Å². The number of anilines is 1. The van der Waals surface area contributed by atoms with Crippen molar-refractivity contribution in [3.8, 4) is 0 Å². The monoisotopic (exact) mass is 499 g/mol. The molecule has 7 heteroatoms. The summed E-state index contributed by atoms with van der Waals surface area (Å²) in [7, 11) is 0. The van der Waals surface area contributed by atoms with E-state index in [1.54, 1.807) is 0 Å². The lowest BCUT2D eigenvalue weighted by atomic mass is 10.1. The highest BCUT2D eigenvalue weighted by molar-refractivity contribution is 14.0. The Hall–Kier alpha value is -1.35. The lowest BCUT2D eigenvalue weighted by molar-refractivity contribution is -0.119. The number of nitrogens with zero attached hydrogens (tertiary/aromatic N) is 2. The van der Waals surface area contributed by atoms with Gasteiger partial charge in [0.2, 0.25) is 5.91 Å². The summed E-state index contributed by atoms with van der Waals surface area (Å²) >= 11 is 0. The van der Waals surface area contributed by atoms with Crippen LogP contribution in [0, 0.1) is 5.92 Å². The summed E-state index contributed by atoms with van der Waals surface area (Å²) < 4.78 is 0. The molecule has 2 fully saturated rings. The number of likely N-dealkylation sites (N-methyl/N-ethyl adjacent to an activating group) is 1. The predicted octanol–water partition coefficient (Wildman–Crippen LogP) is 3.32. The third kappa shape index (κ3) is 6.62. The summed E-state index contributed by atoms with van der Waals surface area (Å²) in [6.45, 7) is 5.82. The van der Waals surface area contributed by atoms with Crippen LogP contribution < -0.4 is 16.4 Å². The number of carbonyl (C=O) groups excluding carboxylic acids is 1. The molecule has 28 heavy (non-hydrogen) atoms. The molecule has 1 amide bonds. The van der Waals surface area contributed by atoms with Crippen molar-refractivity contribution in [1.82, 2.24) is 10.2 Å². The first-order valence-corrected chi connectivity index (χ1v) is 10.3. The number of aliphatic imine (C=N–C) groups is 1. The van der Waals surface area contributed by atoms with Gasteiger partial charge in [0.25, 0.3) is 0 Å². The van der Waals surface area contributed by atoms with Gasteiger partial charge in [0.05, 0.1) is 6.54 Å². The molecule has 1 saturated heterocycles. The van der Waals surface area contributed by atoms with E-state index in [0.29, 0.717) is 18.5 Å². The first-order chi connectivity index (χ1) is 13.2. The molecule has 2 aliphatic rings. The Kier molecular flexibility index (Phi) is 9.50. The van der Waals surface area contributed by atoms with Gasteiger partial charge in [-0.2, -0.15) is 0 Å². The minimum atomic E-state index is 0. The third-order valence-corrected chi connectivity index (χ3v) is 5.78. The minimum absolute atomic E-state index is 0. The summed E-state index contributed by atoms with van der Waals surface area (Å²) in [6, 6.07) is 8.44. The molecular formula is C21H34IN5O. The SMILES string of the molecule is CCN1CCCC1CNC(N)=NCc1cccc(NC(=O)C2CCCC2)c1.I. The number of benzene rings is 1. The van der Waals surface area contributed by atoms with Gasteiger partial charge in [-0.25, -0.2) is 4.99 Å². The number of hydrogen-bond donors (Lipinski definition) is 3. The van der Waals surface area contributed by atoms with Crippen molar-refractivity contribution in [2.75, 3.05) is 25.0 Å². The maximum atomic E-state index is 12.3. The molecule has 1 unspecified atom stereocenters. The van der Waals surface area contributed by atoms with Crippen molar-refractivity contribution in [2.45, 2.75) is 58.0 Å². The molecule has 6 nitrogen and oxygen atoms in total. The second-order valence-corrected chi connectivity index (χ2v) is 7.68. The highest BCUT2D eigenvalue weighted by atomic mass is 127. The van der Waals surface area contributed by atoms with Gasteiger partial charge in [-0.05, 0) is 56.5 Å². The van der Waals surface area contributed by atoms with E-state index >= 15 is 0 Å². The molecule has 1 aliphatic heterocycles. The van der Waals surface area contributed by atoms with Crippen molar-refractivity contribution < 1.29 is 4.79 Å². The maximum absolute atomic E-state index is 12.3. The lowest BCUT2D eigenvalue weighted by Crippen LogP contribution is -2.42. The van der Waals surface area contributed by atoms with Gasteiger partial charge in [-0.15, -0.1) is 24.0 Å². The molecule has 1 heterocycles. The average molecular weight is 499 g/mol. The van der Waals surface area contributed by atoms with Crippen LogP contribution in [0.25, 0.3) is 0 Å². The van der Waals surface area contributed by atoms with Crippen LogP contribution in [0.3, 0.4) is 0 Å². The molecule has 1 saturated carbocycles. The lowest BCUT2D eigenvalue weighted by Gasteiger charge is -2.23. The fourth-order valence-corrected chi connectivity index (χ4v) is 4.18. The summed E-state index contributed by atoms with van der Waals surface area (Å²) in [6.07, 6.45) is 6.82. The maximum Gasteiger partial charge on any atom is 0.227 e. The van der Waals surface area contributed by atoms with Crippen LogP contribution in [-0.4, -0.2) is 42.4 Å². The van der Waals surface area contributed by atoms with E-state index in [1.807, 2.05) is 24.3 Å². The summed E-state index contributed by atoms with van der Waals surface area (Å²) in [5, 5.41) is 6.31. The van der Waals surface area contributed by atoms with Crippen LogP contribution in [0.1, 0.15) is 51.0 Å². The van der Waals surface area contributed by atoms with E-state index in [2.05, 4.69) is 27.4 Å². The van der Waals surface area contributed by atoms with Gasteiger partial charge in [-0.3, -0.25) is 9.69 Å². The number of hydrogen-bond acceptors (Lipinski definition) is 3. The average Bonchev–Trinajstić information content (AvgIpc) is 3.36. The fourth-order valence-electron chi connectivity index (χ4n) is 4.18. The van der Waals surface area contributed by atoms with Gasteiger partial charge in [0.1, 0.15) is 0 Å². The Morgan fingerprint density at radius 2 is 2.04 bits per heavy atom. The number of halogens is 1. The molecule has 1 aromatic rings. The Labute approximate surface area is 185 Å². The number of nitrogens with two attached hydrogens (primary N) is 1. The van der Waals surface area contributed by atoms with Crippen molar-refractivity contribution in [2.24, 2.45) is 16.6 Å². The molecule has 0 aromatic heterocycles. The molecule has 4 N–H and O–H groups in total.